The molecule has 1 aliphatic rings. The zero-order valence-corrected chi connectivity index (χ0v) is 14.5. The van der Waals surface area contributed by atoms with Gasteiger partial charge in [-0.25, -0.2) is 0 Å². The van der Waals surface area contributed by atoms with Crippen molar-refractivity contribution in [3.05, 3.63) is 35.4 Å². The fourth-order valence-corrected chi connectivity index (χ4v) is 3.29. The minimum absolute atomic E-state index is 0.146. The van der Waals surface area contributed by atoms with Crippen LogP contribution in [0.25, 0.3) is 0 Å². The molecule has 1 saturated carbocycles. The second-order valence-electron chi connectivity index (χ2n) is 7.56. The van der Waals surface area contributed by atoms with E-state index in [0.717, 1.165) is 12.0 Å². The summed E-state index contributed by atoms with van der Waals surface area (Å²) in [5.41, 5.74) is 1.10. The van der Waals surface area contributed by atoms with Crippen LogP contribution in [0, 0.1) is 17.2 Å². The predicted octanol–water partition coefficient (Wildman–Crippen LogP) is 4.95. The molecule has 0 bridgehead atoms. The first-order valence-electron chi connectivity index (χ1n) is 8.62. The molecule has 1 aliphatic carbocycles. The van der Waals surface area contributed by atoms with Crippen molar-refractivity contribution in [1.29, 1.82) is 5.26 Å². The Balaban J connectivity index is 2.18. The van der Waals surface area contributed by atoms with Gasteiger partial charge in [0.25, 0.3) is 0 Å². The monoisotopic (exact) mass is 313 g/mol. The number of hydrogen-bond donors (Lipinski definition) is 0. The van der Waals surface area contributed by atoms with E-state index in [2.05, 4.69) is 6.07 Å². The van der Waals surface area contributed by atoms with Crippen LogP contribution in [0.4, 0.5) is 0 Å². The normalized spacial score (nSPS) is 17.3. The van der Waals surface area contributed by atoms with Gasteiger partial charge in [0.15, 0.2) is 0 Å². The molecule has 0 spiro atoms. The number of nitriles is 1. The molecule has 2 rings (SSSR count). The van der Waals surface area contributed by atoms with Gasteiger partial charge >= 0.3 is 5.97 Å². The maximum atomic E-state index is 12.7. The van der Waals surface area contributed by atoms with E-state index >= 15 is 0 Å². The molecule has 3 nitrogen and oxygen atoms in total. The zero-order valence-electron chi connectivity index (χ0n) is 14.5. The van der Waals surface area contributed by atoms with Crippen molar-refractivity contribution in [3.63, 3.8) is 0 Å². The number of nitrogens with zero attached hydrogens (tertiary/aromatic N) is 1. The molecule has 0 radical (unpaired) electrons. The summed E-state index contributed by atoms with van der Waals surface area (Å²) in [7, 11) is 0. The Morgan fingerprint density at radius 2 is 1.83 bits per heavy atom. The van der Waals surface area contributed by atoms with E-state index in [1.807, 2.05) is 32.9 Å². The first kappa shape index (κ1) is 17.5. The average molecular weight is 313 g/mol. The number of benzene rings is 1. The van der Waals surface area contributed by atoms with Gasteiger partial charge < -0.3 is 4.74 Å². The zero-order chi connectivity index (χ0) is 16.9. The third-order valence-electron chi connectivity index (χ3n) is 4.43. The lowest BCUT2D eigenvalue weighted by atomic mass is 9.80. The van der Waals surface area contributed by atoms with E-state index in [0.29, 0.717) is 11.5 Å². The quantitative estimate of drug-likeness (QED) is 0.739. The first-order valence-corrected chi connectivity index (χ1v) is 8.62. The van der Waals surface area contributed by atoms with E-state index in [1.165, 1.54) is 32.1 Å². The minimum atomic E-state index is -0.478. The first-order chi connectivity index (χ1) is 10.9. The Morgan fingerprint density at radius 1 is 1.22 bits per heavy atom. The van der Waals surface area contributed by atoms with Gasteiger partial charge in [-0.3, -0.25) is 4.79 Å². The summed E-state index contributed by atoms with van der Waals surface area (Å²) in [5.74, 6) is 0.217. The summed E-state index contributed by atoms with van der Waals surface area (Å²) in [5, 5.41) is 8.95. The summed E-state index contributed by atoms with van der Waals surface area (Å²) >= 11 is 0. The highest BCUT2D eigenvalue weighted by molar-refractivity contribution is 5.78. The number of esters is 1. The summed E-state index contributed by atoms with van der Waals surface area (Å²) < 4.78 is 5.65. The van der Waals surface area contributed by atoms with Crippen LogP contribution in [0.15, 0.2) is 24.3 Å². The van der Waals surface area contributed by atoms with Crippen molar-refractivity contribution in [2.75, 3.05) is 0 Å². The summed E-state index contributed by atoms with van der Waals surface area (Å²) in [6.07, 6.45) is 7.09. The lowest BCUT2D eigenvalue weighted by Crippen LogP contribution is -2.29. The van der Waals surface area contributed by atoms with E-state index in [9.17, 15) is 4.79 Å². The van der Waals surface area contributed by atoms with Crippen molar-refractivity contribution < 1.29 is 9.53 Å². The van der Waals surface area contributed by atoms with Crippen LogP contribution in [0.2, 0.25) is 0 Å². The molecule has 1 aromatic carbocycles. The molecule has 1 atom stereocenters. The van der Waals surface area contributed by atoms with Gasteiger partial charge in [0.2, 0.25) is 0 Å². The third kappa shape index (κ3) is 5.39. The molecular weight excluding hydrogens is 286 g/mol. The van der Waals surface area contributed by atoms with Crippen LogP contribution in [0.5, 0.6) is 0 Å². The fraction of sp³-hybridized carbons (Fsp3) is 0.600. The third-order valence-corrected chi connectivity index (χ3v) is 4.43. The fourth-order valence-electron chi connectivity index (χ4n) is 3.29. The van der Waals surface area contributed by atoms with Crippen LogP contribution in [-0.2, 0) is 9.53 Å². The largest absolute Gasteiger partial charge is 0.459 e. The van der Waals surface area contributed by atoms with Crippen molar-refractivity contribution in [3.8, 4) is 6.07 Å². The smallest absolute Gasteiger partial charge is 0.313 e. The van der Waals surface area contributed by atoms with Gasteiger partial charge in [-0.05, 0) is 50.8 Å². The molecule has 1 aromatic rings. The Kier molecular flexibility index (Phi) is 5.82. The van der Waals surface area contributed by atoms with Gasteiger partial charge in [-0.2, -0.15) is 5.26 Å². The molecule has 0 heterocycles. The second kappa shape index (κ2) is 7.64. The number of ether oxygens (including phenoxy) is 1. The molecule has 3 heteroatoms. The Hall–Kier alpha value is -1.82. The molecule has 0 N–H and O–H groups in total. The molecule has 0 aromatic heterocycles. The Bertz CT molecular complexity index is 557. The molecule has 0 aliphatic heterocycles. The SMILES string of the molecule is CC(C)(C)OC(=O)[C@H](CC1CCCCC1)c1ccc(C#N)cc1. The van der Waals surface area contributed by atoms with E-state index < -0.39 is 5.60 Å². The Labute approximate surface area is 139 Å². The van der Waals surface area contributed by atoms with Crippen molar-refractivity contribution in [2.24, 2.45) is 5.92 Å². The summed E-state index contributed by atoms with van der Waals surface area (Å²) in [6, 6.07) is 9.49. The standard InChI is InChI=1S/C20H27NO2/c1-20(2,3)23-19(22)18(13-15-7-5-4-6-8-15)17-11-9-16(14-21)10-12-17/h9-12,15,18H,4-8,13H2,1-3H3/t18-/m1/s1. The maximum absolute atomic E-state index is 12.7. The summed E-state index contributed by atoms with van der Waals surface area (Å²) in [6.45, 7) is 5.71. The highest BCUT2D eigenvalue weighted by Crippen LogP contribution is 2.34. The van der Waals surface area contributed by atoms with E-state index in [-0.39, 0.29) is 11.9 Å². The van der Waals surface area contributed by atoms with Crippen molar-refractivity contribution in [1.82, 2.24) is 0 Å². The number of hydrogen-bond acceptors (Lipinski definition) is 3. The minimum Gasteiger partial charge on any atom is -0.459 e. The van der Waals surface area contributed by atoms with Gasteiger partial charge in [0.05, 0.1) is 17.6 Å². The van der Waals surface area contributed by atoms with Gasteiger partial charge in [0, 0.05) is 0 Å². The van der Waals surface area contributed by atoms with Crippen LogP contribution >= 0.6 is 0 Å². The van der Waals surface area contributed by atoms with E-state index in [4.69, 9.17) is 10.00 Å². The molecule has 0 amide bonds. The van der Waals surface area contributed by atoms with Gasteiger partial charge in [-0.1, -0.05) is 44.2 Å². The van der Waals surface area contributed by atoms with Gasteiger partial charge in [-0.15, -0.1) is 0 Å². The number of rotatable bonds is 4. The number of carbonyl (C=O) groups is 1. The number of carbonyl (C=O) groups excluding carboxylic acids is 1. The van der Waals surface area contributed by atoms with Gasteiger partial charge in [0.1, 0.15) is 5.60 Å². The molecule has 0 unspecified atom stereocenters. The second-order valence-corrected chi connectivity index (χ2v) is 7.56. The van der Waals surface area contributed by atoms with Crippen LogP contribution < -0.4 is 0 Å². The molecule has 23 heavy (non-hydrogen) atoms. The maximum Gasteiger partial charge on any atom is 0.313 e. The van der Waals surface area contributed by atoms with Crippen molar-refractivity contribution in [2.45, 2.75) is 70.8 Å². The average Bonchev–Trinajstić information content (AvgIpc) is 2.52. The molecule has 124 valence electrons. The highest BCUT2D eigenvalue weighted by atomic mass is 16.6. The van der Waals surface area contributed by atoms with Crippen molar-refractivity contribution >= 4 is 5.97 Å². The molecule has 1 fully saturated rings. The van der Waals surface area contributed by atoms with Crippen LogP contribution in [-0.4, -0.2) is 11.6 Å². The lowest BCUT2D eigenvalue weighted by Gasteiger charge is -2.28. The highest BCUT2D eigenvalue weighted by Gasteiger charge is 2.29. The van der Waals surface area contributed by atoms with E-state index in [1.54, 1.807) is 12.1 Å². The molecular formula is C20H27NO2. The molecule has 0 saturated heterocycles. The predicted molar refractivity (Wildman–Crippen MR) is 90.9 cm³/mol. The van der Waals surface area contributed by atoms with Crippen LogP contribution in [0.3, 0.4) is 0 Å². The van der Waals surface area contributed by atoms with Crippen LogP contribution in [0.1, 0.15) is 76.3 Å². The Morgan fingerprint density at radius 3 is 2.35 bits per heavy atom. The lowest BCUT2D eigenvalue weighted by molar-refractivity contribution is -0.157. The summed E-state index contributed by atoms with van der Waals surface area (Å²) in [4.78, 5) is 12.7. The topological polar surface area (TPSA) is 50.1 Å².